The predicted molar refractivity (Wildman–Crippen MR) is 64.4 cm³/mol. The molecule has 1 amide bonds. The van der Waals surface area contributed by atoms with Crippen molar-refractivity contribution >= 4 is 22.4 Å². The number of nitrogens with two attached hydrogens (primary N) is 1. The number of hydrogen-bond donors (Lipinski definition) is 2. The smallest absolute Gasteiger partial charge is 0.260 e. The Bertz CT molecular complexity index is 481. The molecule has 0 saturated carbocycles. The van der Waals surface area contributed by atoms with Gasteiger partial charge in [0.25, 0.3) is 5.91 Å². The summed E-state index contributed by atoms with van der Waals surface area (Å²) in [6.45, 7) is 0.687. The highest BCUT2D eigenvalue weighted by Crippen LogP contribution is 2.17. The first-order valence-electron chi connectivity index (χ1n) is 4.79. The molecule has 0 saturated heterocycles. The third kappa shape index (κ3) is 2.58. The number of nitrogens with one attached hydrogen (secondary N) is 1. The second-order valence-corrected chi connectivity index (χ2v) is 4.26. The van der Waals surface area contributed by atoms with Crippen LogP contribution in [0.4, 0.5) is 5.13 Å². The highest BCUT2D eigenvalue weighted by Gasteiger charge is 2.05. The number of primary amides is 1. The Balaban J connectivity index is 1.97. The summed E-state index contributed by atoms with van der Waals surface area (Å²) >= 11 is 1.26. The monoisotopic (exact) mass is 233 g/mol. The van der Waals surface area contributed by atoms with Crippen molar-refractivity contribution in [3.05, 3.63) is 47.0 Å². The average Bonchev–Trinajstić information content (AvgIpc) is 2.76. The maximum absolute atomic E-state index is 10.9. The number of anilines is 1. The number of hydrogen-bond acceptors (Lipinski definition) is 4. The van der Waals surface area contributed by atoms with Crippen LogP contribution in [0.25, 0.3) is 0 Å². The second-order valence-electron chi connectivity index (χ2n) is 3.23. The minimum atomic E-state index is -0.440. The molecule has 2 rings (SSSR count). The summed E-state index contributed by atoms with van der Waals surface area (Å²) in [7, 11) is 0. The minimum absolute atomic E-state index is 0.440. The molecule has 0 fully saturated rings. The van der Waals surface area contributed by atoms with Gasteiger partial charge in [-0.2, -0.15) is 0 Å². The van der Waals surface area contributed by atoms with E-state index in [0.717, 1.165) is 0 Å². The van der Waals surface area contributed by atoms with Crippen LogP contribution < -0.4 is 11.1 Å². The molecule has 0 radical (unpaired) electrons. The fourth-order valence-corrected chi connectivity index (χ4v) is 1.91. The van der Waals surface area contributed by atoms with E-state index in [1.54, 1.807) is 0 Å². The van der Waals surface area contributed by atoms with Crippen molar-refractivity contribution in [2.75, 3.05) is 5.32 Å². The molecule has 1 heterocycles. The zero-order valence-corrected chi connectivity index (χ0v) is 9.33. The predicted octanol–water partition coefficient (Wildman–Crippen LogP) is 1.85. The summed E-state index contributed by atoms with van der Waals surface area (Å²) < 4.78 is 0. The van der Waals surface area contributed by atoms with Crippen molar-refractivity contribution in [1.82, 2.24) is 4.98 Å². The van der Waals surface area contributed by atoms with E-state index in [1.807, 2.05) is 30.3 Å². The Hall–Kier alpha value is -1.88. The summed E-state index contributed by atoms with van der Waals surface area (Å²) in [5.74, 6) is -0.440. The maximum Gasteiger partial charge on any atom is 0.260 e. The Morgan fingerprint density at radius 1 is 1.38 bits per heavy atom. The van der Waals surface area contributed by atoms with Gasteiger partial charge < -0.3 is 11.1 Å². The van der Waals surface area contributed by atoms with Gasteiger partial charge >= 0.3 is 0 Å². The van der Waals surface area contributed by atoms with Crippen LogP contribution in [0.3, 0.4) is 0 Å². The first kappa shape index (κ1) is 10.6. The molecule has 0 aliphatic rings. The molecular weight excluding hydrogens is 222 g/mol. The van der Waals surface area contributed by atoms with Crippen LogP contribution in [0.5, 0.6) is 0 Å². The number of rotatable bonds is 4. The number of thiazole rings is 1. The van der Waals surface area contributed by atoms with E-state index in [1.165, 1.54) is 23.1 Å². The van der Waals surface area contributed by atoms with Gasteiger partial charge in [-0.15, -0.1) is 0 Å². The standard InChI is InChI=1S/C11H11N3OS/c12-10(15)9-7-14-11(16-9)13-6-8-4-2-1-3-5-8/h1-5,7H,6H2,(H2,12,15)(H,13,14). The summed E-state index contributed by atoms with van der Waals surface area (Å²) in [5, 5.41) is 3.84. The number of carbonyl (C=O) groups is 1. The SMILES string of the molecule is NC(=O)c1cnc(NCc2ccccc2)s1. The third-order valence-electron chi connectivity index (χ3n) is 2.04. The zero-order chi connectivity index (χ0) is 11.4. The van der Waals surface area contributed by atoms with E-state index >= 15 is 0 Å². The molecule has 0 aliphatic carbocycles. The van der Waals surface area contributed by atoms with Crippen molar-refractivity contribution in [3.63, 3.8) is 0 Å². The van der Waals surface area contributed by atoms with Gasteiger partial charge in [-0.3, -0.25) is 4.79 Å². The lowest BCUT2D eigenvalue weighted by molar-refractivity contribution is 0.100. The average molecular weight is 233 g/mol. The Kier molecular flexibility index (Phi) is 3.16. The summed E-state index contributed by atoms with van der Waals surface area (Å²) in [6, 6.07) is 9.98. The van der Waals surface area contributed by atoms with Crippen molar-refractivity contribution in [1.29, 1.82) is 0 Å². The molecule has 0 bridgehead atoms. The quantitative estimate of drug-likeness (QED) is 0.846. The van der Waals surface area contributed by atoms with E-state index in [-0.39, 0.29) is 0 Å². The van der Waals surface area contributed by atoms with E-state index in [0.29, 0.717) is 16.6 Å². The summed E-state index contributed by atoms with van der Waals surface area (Å²) in [6.07, 6.45) is 1.49. The normalized spacial score (nSPS) is 10.0. The molecule has 2 aromatic rings. The van der Waals surface area contributed by atoms with Gasteiger partial charge in [-0.25, -0.2) is 4.98 Å². The fourth-order valence-electron chi connectivity index (χ4n) is 1.24. The molecule has 0 aliphatic heterocycles. The first-order chi connectivity index (χ1) is 7.75. The zero-order valence-electron chi connectivity index (χ0n) is 8.51. The van der Waals surface area contributed by atoms with Gasteiger partial charge in [-0.05, 0) is 5.56 Å². The maximum atomic E-state index is 10.9. The molecule has 4 nitrogen and oxygen atoms in total. The number of amides is 1. The molecule has 1 aromatic carbocycles. The molecular formula is C11H11N3OS. The van der Waals surface area contributed by atoms with Gasteiger partial charge in [0.1, 0.15) is 4.88 Å². The van der Waals surface area contributed by atoms with Gasteiger partial charge in [-0.1, -0.05) is 41.7 Å². The van der Waals surface area contributed by atoms with Gasteiger partial charge in [0.15, 0.2) is 5.13 Å². The molecule has 16 heavy (non-hydrogen) atoms. The van der Waals surface area contributed by atoms with Crippen LogP contribution in [-0.4, -0.2) is 10.9 Å². The Morgan fingerprint density at radius 2 is 2.12 bits per heavy atom. The molecule has 0 spiro atoms. The number of nitrogens with zero attached hydrogens (tertiary/aromatic N) is 1. The lowest BCUT2D eigenvalue weighted by Crippen LogP contribution is -2.08. The van der Waals surface area contributed by atoms with E-state index in [2.05, 4.69) is 10.3 Å². The van der Waals surface area contributed by atoms with Gasteiger partial charge in [0, 0.05) is 6.54 Å². The highest BCUT2D eigenvalue weighted by atomic mass is 32.1. The Labute approximate surface area is 97.1 Å². The van der Waals surface area contributed by atoms with E-state index in [9.17, 15) is 4.79 Å². The third-order valence-corrected chi connectivity index (χ3v) is 3.00. The van der Waals surface area contributed by atoms with Crippen LogP contribution in [0.1, 0.15) is 15.2 Å². The van der Waals surface area contributed by atoms with Crippen LogP contribution in [0, 0.1) is 0 Å². The molecule has 1 aromatic heterocycles. The summed E-state index contributed by atoms with van der Waals surface area (Å²) in [5.41, 5.74) is 6.30. The Morgan fingerprint density at radius 3 is 2.75 bits per heavy atom. The van der Waals surface area contributed by atoms with Gasteiger partial charge in [0.2, 0.25) is 0 Å². The fraction of sp³-hybridized carbons (Fsp3) is 0.0909. The first-order valence-corrected chi connectivity index (χ1v) is 5.61. The van der Waals surface area contributed by atoms with Crippen LogP contribution in [-0.2, 0) is 6.54 Å². The molecule has 0 atom stereocenters. The number of aromatic nitrogens is 1. The van der Waals surface area contributed by atoms with E-state index < -0.39 is 5.91 Å². The van der Waals surface area contributed by atoms with Crippen molar-refractivity contribution in [2.24, 2.45) is 5.73 Å². The topological polar surface area (TPSA) is 68.0 Å². The van der Waals surface area contributed by atoms with Crippen LogP contribution >= 0.6 is 11.3 Å². The molecule has 5 heteroatoms. The highest BCUT2D eigenvalue weighted by molar-refractivity contribution is 7.17. The van der Waals surface area contributed by atoms with Crippen molar-refractivity contribution in [2.45, 2.75) is 6.54 Å². The minimum Gasteiger partial charge on any atom is -0.365 e. The van der Waals surface area contributed by atoms with E-state index in [4.69, 9.17) is 5.73 Å². The van der Waals surface area contributed by atoms with Crippen molar-refractivity contribution < 1.29 is 4.79 Å². The lowest BCUT2D eigenvalue weighted by atomic mass is 10.2. The number of carbonyl (C=O) groups excluding carboxylic acids is 1. The molecule has 82 valence electrons. The van der Waals surface area contributed by atoms with Crippen LogP contribution in [0.2, 0.25) is 0 Å². The molecule has 0 unspecified atom stereocenters. The molecule has 3 N–H and O–H groups in total. The lowest BCUT2D eigenvalue weighted by Gasteiger charge is -2.01. The van der Waals surface area contributed by atoms with Gasteiger partial charge in [0.05, 0.1) is 6.20 Å². The number of benzene rings is 1. The second kappa shape index (κ2) is 4.76. The largest absolute Gasteiger partial charge is 0.365 e. The van der Waals surface area contributed by atoms with Crippen LogP contribution in [0.15, 0.2) is 36.5 Å². The summed E-state index contributed by atoms with van der Waals surface area (Å²) in [4.78, 5) is 15.4. The van der Waals surface area contributed by atoms with Crippen molar-refractivity contribution in [3.8, 4) is 0 Å².